The van der Waals surface area contributed by atoms with Gasteiger partial charge in [0, 0.05) is 21.1 Å². The van der Waals surface area contributed by atoms with Crippen molar-refractivity contribution in [1.82, 2.24) is 0 Å². The van der Waals surface area contributed by atoms with Crippen molar-refractivity contribution in [3.05, 3.63) is 30.6 Å². The quantitative estimate of drug-likeness (QED) is 0.153. The van der Waals surface area contributed by atoms with Crippen LogP contribution < -0.4 is 0 Å². The summed E-state index contributed by atoms with van der Waals surface area (Å²) < 4.78 is 0. The summed E-state index contributed by atoms with van der Waals surface area (Å²) in [4.78, 5) is 31.0. The minimum absolute atomic E-state index is 0. The molecule has 0 aromatic carbocycles. The summed E-state index contributed by atoms with van der Waals surface area (Å²) in [5, 5.41) is 0. The molecule has 0 aromatic rings. The largest absolute Gasteiger partial charge is 4.00 e. The van der Waals surface area contributed by atoms with Gasteiger partial charge in [-0.2, -0.15) is 83.5 Å². The minimum atomic E-state index is 0. The number of hydrogen-bond donors (Lipinski definition) is 0. The van der Waals surface area contributed by atoms with Gasteiger partial charge >= 0.3 is 21.1 Å². The van der Waals surface area contributed by atoms with E-state index in [2.05, 4.69) is 41.0 Å². The van der Waals surface area contributed by atoms with Gasteiger partial charge in [0.1, 0.15) is 0 Å². The molecule has 8 saturated carbocycles. The molecule has 0 amide bonds. The van der Waals surface area contributed by atoms with Gasteiger partial charge in [0.05, 0.1) is 0 Å². The fourth-order valence-corrected chi connectivity index (χ4v) is 7.61. The van der Waals surface area contributed by atoms with Crippen molar-refractivity contribution >= 4 is 27.2 Å². The predicted octanol–water partition coefficient (Wildman–Crippen LogP) is 9.14. The van der Waals surface area contributed by atoms with E-state index in [9.17, 15) is 0 Å². The number of carbonyl (C=O) groups excluding carboxylic acids is 4. The van der Waals surface area contributed by atoms with Crippen LogP contribution in [0, 0.1) is 54.3 Å². The summed E-state index contributed by atoms with van der Waals surface area (Å²) >= 11 is 0. The summed E-state index contributed by atoms with van der Waals surface area (Å²) in [6.45, 7) is 18.7. The molecule has 0 spiro atoms. The molecule has 8 aliphatic carbocycles. The van der Waals surface area contributed by atoms with E-state index in [1.807, 2.05) is 23.7 Å². The van der Waals surface area contributed by atoms with Crippen LogP contribution in [0.5, 0.6) is 0 Å². The molecule has 0 saturated heterocycles. The Labute approximate surface area is 289 Å². The van der Waals surface area contributed by atoms with Crippen LogP contribution in [0.2, 0.25) is 0 Å². The van der Waals surface area contributed by atoms with E-state index >= 15 is 0 Å². The molecule has 242 valence electrons. The van der Waals surface area contributed by atoms with Crippen LogP contribution in [0.4, 0.5) is 0 Å². The van der Waals surface area contributed by atoms with Crippen molar-refractivity contribution in [2.24, 2.45) is 23.7 Å². The van der Waals surface area contributed by atoms with Gasteiger partial charge in [-0.3, -0.25) is 27.2 Å². The average Bonchev–Trinajstić information content (AvgIpc) is 3.92. The smallest absolute Gasteiger partial charge is 0.545 e. The molecule has 8 aliphatic rings. The van der Waals surface area contributed by atoms with E-state index in [0.717, 1.165) is 30.1 Å². The van der Waals surface area contributed by atoms with Gasteiger partial charge < -0.3 is 49.8 Å². The molecule has 0 aliphatic heterocycles. The van der Waals surface area contributed by atoms with Crippen LogP contribution in [0.3, 0.4) is 0 Å². The van der Waals surface area contributed by atoms with Crippen LogP contribution in [-0.2, 0) is 61.3 Å². The van der Waals surface area contributed by atoms with Crippen LogP contribution in [-0.4, -0.2) is 27.2 Å². The summed E-state index contributed by atoms with van der Waals surface area (Å²) in [6.07, 6.45) is 32.3. The summed E-state index contributed by atoms with van der Waals surface area (Å²) in [7, 11) is 0. The topological polar surface area (TPSA) is 68.3 Å². The Bertz CT molecular complexity index is 425. The second-order valence-corrected chi connectivity index (χ2v) is 12.4. The van der Waals surface area contributed by atoms with Gasteiger partial charge in [-0.05, 0) is 0 Å². The molecule has 8 fully saturated rings. The number of fused-ring (bicyclic) bond motifs is 8. The summed E-state index contributed by atoms with van der Waals surface area (Å²) in [6, 6.07) is 0. The first-order valence-electron chi connectivity index (χ1n) is 15.8. The first kappa shape index (κ1) is 46.5. The maximum Gasteiger partial charge on any atom is 4.00 e. The molecule has 6 heteroatoms. The molecule has 0 heterocycles. The van der Waals surface area contributed by atoms with Gasteiger partial charge in [0.25, 0.3) is 0 Å². The predicted molar refractivity (Wildman–Crippen MR) is 167 cm³/mol. The van der Waals surface area contributed by atoms with Crippen LogP contribution in [0.15, 0.2) is 0 Å². The van der Waals surface area contributed by atoms with E-state index in [1.54, 1.807) is 0 Å². The van der Waals surface area contributed by atoms with Crippen molar-refractivity contribution in [3.8, 4) is 0 Å². The van der Waals surface area contributed by atoms with Gasteiger partial charge in [0.15, 0.2) is 0 Å². The molecule has 0 unspecified atom stereocenters. The second-order valence-electron chi connectivity index (χ2n) is 12.4. The van der Waals surface area contributed by atoms with Crippen LogP contribution in [0.25, 0.3) is 0 Å². The molecule has 0 N–H and O–H groups in total. The number of rotatable bonds is 1. The minimum Gasteiger partial charge on any atom is -0.545 e. The van der Waals surface area contributed by atoms with Crippen LogP contribution in [0.1, 0.15) is 148 Å². The van der Waals surface area contributed by atoms with Gasteiger partial charge in [-0.1, -0.05) is 88.4 Å². The summed E-state index contributed by atoms with van der Waals surface area (Å²) in [5.74, 6) is 12.0. The van der Waals surface area contributed by atoms with Crippen molar-refractivity contribution < 1.29 is 61.3 Å². The Hall–Kier alpha value is 0.0566. The fraction of sp³-hybridized carbons (Fsp3) is 0.750. The zero-order chi connectivity index (χ0) is 30.2. The van der Waals surface area contributed by atoms with E-state index in [0.29, 0.717) is 0 Å². The molecule has 8 bridgehead atoms. The van der Waals surface area contributed by atoms with Gasteiger partial charge in [0.2, 0.25) is 0 Å². The Kier molecular flexibility index (Phi) is 34.4. The Morgan fingerprint density at radius 2 is 0.619 bits per heavy atom. The Morgan fingerprint density at radius 1 is 0.476 bits per heavy atom. The second kappa shape index (κ2) is 31.1. The molecule has 42 heavy (non-hydrogen) atoms. The molecular weight excluding hydrogens is 688 g/mol. The fourth-order valence-electron chi connectivity index (χ4n) is 7.61. The molecule has 8 rings (SSSR count). The summed E-state index contributed by atoms with van der Waals surface area (Å²) in [5.41, 5.74) is 0. The van der Waals surface area contributed by atoms with Gasteiger partial charge in [-0.15, -0.1) is 0 Å². The Balaban J connectivity index is -0.000000426. The van der Waals surface area contributed by atoms with Gasteiger partial charge in [-0.25, -0.2) is 0 Å². The first-order chi connectivity index (χ1) is 19.7. The van der Waals surface area contributed by atoms with Crippen molar-refractivity contribution in [1.29, 1.82) is 0 Å². The van der Waals surface area contributed by atoms with Crippen molar-refractivity contribution in [2.45, 2.75) is 148 Å². The SMILES string of the molecule is C1CC2CC[C-]1C2.C1CC2CC[C-]1C2.C1CC2CC[C-]1C2.C1CC2CC[C-]1C2.[CH-]=O.[CH-]=O.[CH-]=O.[CH-]=O.[CH2-]CCC.[Mo+4].[Mo]. The number of unbranched alkanes of at least 4 members (excludes halogenated alkanes) is 1. The third-order valence-electron chi connectivity index (χ3n) is 9.91. The van der Waals surface area contributed by atoms with E-state index < -0.39 is 0 Å². The van der Waals surface area contributed by atoms with Crippen LogP contribution >= 0.6 is 0 Å². The van der Waals surface area contributed by atoms with E-state index in [-0.39, 0.29) is 42.1 Å². The maximum atomic E-state index is 7.75. The molecule has 4 nitrogen and oxygen atoms in total. The Morgan fingerprint density at radius 3 is 0.643 bits per heavy atom. The van der Waals surface area contributed by atoms with Crippen molar-refractivity contribution in [3.63, 3.8) is 0 Å². The van der Waals surface area contributed by atoms with E-state index in [1.165, 1.54) is 135 Å². The zero-order valence-electron chi connectivity index (χ0n) is 26.3. The third-order valence-corrected chi connectivity index (χ3v) is 9.91. The molecule has 0 aromatic heterocycles. The standard InChI is InChI=1S/4C7H11.C4H9.4CHO.2Mo/c4*1-2-7-4-3-6(1)5-7;1-3-4-2;4*1-2;;/h4*6H,1-5H2;1,3-4H2,2H3;4*1H;;/q9*-1;;+4. The number of hydrogen-bond acceptors (Lipinski definition) is 4. The molecule has 0 atom stereocenters. The van der Waals surface area contributed by atoms with E-state index in [4.69, 9.17) is 19.2 Å². The van der Waals surface area contributed by atoms with Crippen molar-refractivity contribution in [2.75, 3.05) is 0 Å². The maximum absolute atomic E-state index is 7.75. The normalized spacial score (nSPS) is 22.8. The monoisotopic (exact) mass is 749 g/mol. The first-order valence-corrected chi connectivity index (χ1v) is 15.8. The third kappa shape index (κ3) is 18.8. The zero-order valence-corrected chi connectivity index (χ0v) is 30.3. The average molecular weight is 746 g/mol. The molecular formula is C36H57Mo2O4-5. The molecule has 0 radical (unpaired) electrons.